The molecular weight excluding hydrogens is 164 g/mol. The maximum atomic E-state index is 5.24. The van der Waals surface area contributed by atoms with E-state index in [1.165, 1.54) is 4.91 Å². The highest BCUT2D eigenvalue weighted by Crippen LogP contribution is 2.15. The first-order valence-electron chi connectivity index (χ1n) is 3.18. The molecule has 0 atom stereocenters. The van der Waals surface area contributed by atoms with Crippen LogP contribution in [0, 0.1) is 0 Å². The number of hydrogen-bond donors (Lipinski definition) is 0. The Morgan fingerprint density at radius 2 is 2.20 bits per heavy atom. The largest absolute Gasteiger partial charge is 0.377 e. The number of hydrogen-bond acceptors (Lipinski definition) is 3. The summed E-state index contributed by atoms with van der Waals surface area (Å²) in [5.41, 5.74) is 0. The Bertz CT molecular complexity index is 102. The predicted octanol–water partition coefficient (Wildman–Crippen LogP) is 2.59. The van der Waals surface area contributed by atoms with Crippen molar-refractivity contribution in [3.05, 3.63) is 10.3 Å². The minimum Gasteiger partial charge on any atom is -0.377 e. The Balaban J connectivity index is 3.49. The van der Waals surface area contributed by atoms with Gasteiger partial charge in [0.1, 0.15) is 0 Å². The summed E-state index contributed by atoms with van der Waals surface area (Å²) in [4.78, 5) is 1.30. The van der Waals surface area contributed by atoms with Crippen LogP contribution in [-0.2, 0) is 4.74 Å². The molecule has 0 spiro atoms. The summed E-state index contributed by atoms with van der Waals surface area (Å²) in [6.07, 6.45) is 4.13. The van der Waals surface area contributed by atoms with E-state index in [0.717, 1.165) is 13.2 Å². The second kappa shape index (κ2) is 7.51. The van der Waals surface area contributed by atoms with E-state index in [4.69, 9.17) is 4.74 Å². The van der Waals surface area contributed by atoms with Crippen molar-refractivity contribution >= 4 is 23.5 Å². The topological polar surface area (TPSA) is 9.23 Å². The first-order valence-corrected chi connectivity index (χ1v) is 5.70. The highest BCUT2D eigenvalue weighted by molar-refractivity contribution is 8.05. The van der Waals surface area contributed by atoms with Gasteiger partial charge in [0.25, 0.3) is 0 Å². The SMILES string of the molecule is CCOC/C(=C/SC)SC. The summed E-state index contributed by atoms with van der Waals surface area (Å²) in [6, 6.07) is 0. The quantitative estimate of drug-likeness (QED) is 0.640. The lowest BCUT2D eigenvalue weighted by atomic mass is 10.7. The molecule has 0 rings (SSSR count). The standard InChI is InChI=1S/C7H14OS2/c1-4-8-5-7(10-3)6-9-2/h6H,4-5H2,1-3H3/b7-6-. The molecule has 0 fully saturated rings. The predicted molar refractivity (Wildman–Crippen MR) is 51.6 cm³/mol. The summed E-state index contributed by atoms with van der Waals surface area (Å²) in [7, 11) is 0. The van der Waals surface area contributed by atoms with Crippen LogP contribution in [0.1, 0.15) is 6.92 Å². The maximum absolute atomic E-state index is 5.24. The van der Waals surface area contributed by atoms with Gasteiger partial charge in [-0.05, 0) is 24.8 Å². The first kappa shape index (κ1) is 10.4. The Morgan fingerprint density at radius 1 is 1.50 bits per heavy atom. The molecule has 0 N–H and O–H groups in total. The summed E-state index contributed by atoms with van der Waals surface area (Å²) in [6.45, 7) is 3.57. The van der Waals surface area contributed by atoms with E-state index in [1.54, 1.807) is 23.5 Å². The fraction of sp³-hybridized carbons (Fsp3) is 0.714. The lowest BCUT2D eigenvalue weighted by Crippen LogP contribution is -1.93. The second-order valence-corrected chi connectivity index (χ2v) is 3.30. The zero-order chi connectivity index (χ0) is 7.82. The van der Waals surface area contributed by atoms with Gasteiger partial charge in [-0.25, -0.2) is 0 Å². The van der Waals surface area contributed by atoms with Gasteiger partial charge in [0.15, 0.2) is 0 Å². The third-order valence-corrected chi connectivity index (χ3v) is 2.39. The molecule has 0 saturated carbocycles. The van der Waals surface area contributed by atoms with Crippen LogP contribution in [0.5, 0.6) is 0 Å². The lowest BCUT2D eigenvalue weighted by Gasteiger charge is -2.01. The van der Waals surface area contributed by atoms with E-state index in [0.29, 0.717) is 0 Å². The molecule has 0 aliphatic heterocycles. The van der Waals surface area contributed by atoms with Gasteiger partial charge in [0.05, 0.1) is 6.61 Å². The smallest absolute Gasteiger partial charge is 0.0780 e. The monoisotopic (exact) mass is 178 g/mol. The Labute approximate surface area is 71.6 Å². The molecule has 0 radical (unpaired) electrons. The summed E-state index contributed by atoms with van der Waals surface area (Å²) < 4.78 is 5.24. The van der Waals surface area contributed by atoms with Crippen LogP contribution in [0.25, 0.3) is 0 Å². The van der Waals surface area contributed by atoms with Crippen LogP contribution >= 0.6 is 23.5 Å². The average molecular weight is 178 g/mol. The number of ether oxygens (including phenoxy) is 1. The van der Waals surface area contributed by atoms with E-state index in [-0.39, 0.29) is 0 Å². The van der Waals surface area contributed by atoms with Gasteiger partial charge in [0, 0.05) is 11.5 Å². The van der Waals surface area contributed by atoms with E-state index in [2.05, 4.69) is 17.9 Å². The molecule has 0 bridgehead atoms. The van der Waals surface area contributed by atoms with Gasteiger partial charge < -0.3 is 4.74 Å². The van der Waals surface area contributed by atoms with Crippen molar-refractivity contribution in [2.45, 2.75) is 6.92 Å². The minimum atomic E-state index is 0.762. The van der Waals surface area contributed by atoms with E-state index < -0.39 is 0 Å². The number of rotatable bonds is 5. The zero-order valence-electron chi connectivity index (χ0n) is 6.72. The van der Waals surface area contributed by atoms with Gasteiger partial charge in [-0.1, -0.05) is 0 Å². The molecule has 0 heterocycles. The van der Waals surface area contributed by atoms with Crippen molar-refractivity contribution in [2.75, 3.05) is 25.7 Å². The van der Waals surface area contributed by atoms with Crippen molar-refractivity contribution < 1.29 is 4.74 Å². The zero-order valence-corrected chi connectivity index (χ0v) is 8.35. The molecule has 0 saturated heterocycles. The van der Waals surface area contributed by atoms with E-state index in [1.807, 2.05) is 6.92 Å². The fourth-order valence-corrected chi connectivity index (χ4v) is 1.68. The van der Waals surface area contributed by atoms with Crippen molar-refractivity contribution in [3.8, 4) is 0 Å². The molecule has 0 aliphatic carbocycles. The Hall–Kier alpha value is 0.400. The van der Waals surface area contributed by atoms with Crippen molar-refractivity contribution in [1.82, 2.24) is 0 Å². The highest BCUT2D eigenvalue weighted by atomic mass is 32.2. The van der Waals surface area contributed by atoms with Crippen LogP contribution in [-0.4, -0.2) is 25.7 Å². The van der Waals surface area contributed by atoms with Crippen molar-refractivity contribution in [2.24, 2.45) is 0 Å². The highest BCUT2D eigenvalue weighted by Gasteiger charge is 1.92. The average Bonchev–Trinajstić information content (AvgIpc) is 1.98. The molecule has 10 heavy (non-hydrogen) atoms. The van der Waals surface area contributed by atoms with Crippen molar-refractivity contribution in [3.63, 3.8) is 0 Å². The van der Waals surface area contributed by atoms with Gasteiger partial charge in [-0.2, -0.15) is 0 Å². The first-order chi connectivity index (χ1) is 4.85. The molecule has 0 aromatic rings. The Kier molecular flexibility index (Phi) is 7.81. The van der Waals surface area contributed by atoms with Crippen molar-refractivity contribution in [1.29, 1.82) is 0 Å². The molecule has 0 aromatic carbocycles. The van der Waals surface area contributed by atoms with Gasteiger partial charge in [-0.15, -0.1) is 23.5 Å². The van der Waals surface area contributed by atoms with Crippen LogP contribution in [0.3, 0.4) is 0 Å². The third kappa shape index (κ3) is 5.21. The normalized spacial score (nSPS) is 12.1. The second-order valence-electron chi connectivity index (χ2n) is 1.66. The van der Waals surface area contributed by atoms with Crippen LogP contribution in [0.4, 0.5) is 0 Å². The fourth-order valence-electron chi connectivity index (χ4n) is 0.475. The molecule has 0 aromatic heterocycles. The molecule has 0 unspecified atom stereocenters. The third-order valence-electron chi connectivity index (χ3n) is 0.960. The number of thioether (sulfide) groups is 2. The van der Waals surface area contributed by atoms with Gasteiger partial charge in [-0.3, -0.25) is 0 Å². The Morgan fingerprint density at radius 3 is 2.60 bits per heavy atom. The van der Waals surface area contributed by atoms with Gasteiger partial charge >= 0.3 is 0 Å². The molecule has 60 valence electrons. The molecule has 0 amide bonds. The molecule has 1 nitrogen and oxygen atoms in total. The van der Waals surface area contributed by atoms with E-state index >= 15 is 0 Å². The minimum absolute atomic E-state index is 0.762. The lowest BCUT2D eigenvalue weighted by molar-refractivity contribution is 0.175. The summed E-state index contributed by atoms with van der Waals surface area (Å²) in [5.74, 6) is 0. The van der Waals surface area contributed by atoms with E-state index in [9.17, 15) is 0 Å². The molecule has 0 aliphatic rings. The van der Waals surface area contributed by atoms with Crippen LogP contribution in [0.2, 0.25) is 0 Å². The summed E-state index contributed by atoms with van der Waals surface area (Å²) >= 11 is 3.47. The molecular formula is C7H14OS2. The summed E-state index contributed by atoms with van der Waals surface area (Å²) in [5, 5.41) is 2.13. The maximum Gasteiger partial charge on any atom is 0.0780 e. The van der Waals surface area contributed by atoms with Crippen LogP contribution < -0.4 is 0 Å². The van der Waals surface area contributed by atoms with Gasteiger partial charge in [0.2, 0.25) is 0 Å². The van der Waals surface area contributed by atoms with Crippen LogP contribution in [0.15, 0.2) is 10.3 Å². The molecule has 3 heteroatoms.